The van der Waals surface area contributed by atoms with Crippen LogP contribution in [0.1, 0.15) is 22.1 Å². The van der Waals surface area contributed by atoms with Gasteiger partial charge in [0, 0.05) is 16.6 Å². The number of para-hydroxylation sites is 1. The SMILES string of the molecule is COC(=O)c1cn(C(=O)[C@@H](C)Oc2ccc(Cl)cc2Cl)c2ccccc12. The summed E-state index contributed by atoms with van der Waals surface area (Å²) in [6.45, 7) is 1.61. The lowest BCUT2D eigenvalue weighted by Gasteiger charge is -2.15. The maximum absolute atomic E-state index is 12.9. The molecule has 0 N–H and O–H groups in total. The number of nitrogens with zero attached hydrogens (tertiary/aromatic N) is 1. The smallest absolute Gasteiger partial charge is 0.340 e. The second-order valence-corrected chi connectivity index (χ2v) is 6.44. The summed E-state index contributed by atoms with van der Waals surface area (Å²) in [6.07, 6.45) is 0.622. The van der Waals surface area contributed by atoms with Gasteiger partial charge in [-0.15, -0.1) is 0 Å². The molecule has 0 amide bonds. The van der Waals surface area contributed by atoms with Crippen molar-refractivity contribution in [1.29, 1.82) is 0 Å². The van der Waals surface area contributed by atoms with Gasteiger partial charge in [-0.05, 0) is 31.2 Å². The van der Waals surface area contributed by atoms with Gasteiger partial charge in [-0.2, -0.15) is 0 Å². The van der Waals surface area contributed by atoms with Crippen LogP contribution in [-0.2, 0) is 4.74 Å². The number of ether oxygens (including phenoxy) is 2. The van der Waals surface area contributed by atoms with Crippen molar-refractivity contribution in [2.24, 2.45) is 0 Å². The molecule has 0 saturated heterocycles. The molecule has 1 atom stereocenters. The zero-order valence-electron chi connectivity index (χ0n) is 14.0. The zero-order valence-corrected chi connectivity index (χ0v) is 15.5. The topological polar surface area (TPSA) is 57.5 Å². The molecule has 1 aromatic heterocycles. The van der Waals surface area contributed by atoms with Gasteiger partial charge >= 0.3 is 5.97 Å². The molecule has 7 heteroatoms. The molecule has 0 aliphatic rings. The Morgan fingerprint density at radius 1 is 1.12 bits per heavy atom. The summed E-state index contributed by atoms with van der Waals surface area (Å²) in [5, 5.41) is 1.41. The number of aromatic nitrogens is 1. The van der Waals surface area contributed by atoms with Crippen LogP contribution in [-0.4, -0.2) is 29.7 Å². The number of carbonyl (C=O) groups excluding carboxylic acids is 2. The Morgan fingerprint density at radius 3 is 2.54 bits per heavy atom. The molecule has 134 valence electrons. The van der Waals surface area contributed by atoms with E-state index in [1.165, 1.54) is 23.9 Å². The molecule has 3 rings (SSSR count). The van der Waals surface area contributed by atoms with Crippen molar-refractivity contribution in [3.63, 3.8) is 0 Å². The molecule has 0 bridgehead atoms. The molecule has 2 aromatic carbocycles. The van der Waals surface area contributed by atoms with Gasteiger partial charge in [0.05, 0.1) is 23.2 Å². The molecular formula is C19H15Cl2NO4. The van der Waals surface area contributed by atoms with E-state index in [0.717, 1.165) is 0 Å². The lowest BCUT2D eigenvalue weighted by molar-refractivity contribution is 0.0602. The maximum atomic E-state index is 12.9. The van der Waals surface area contributed by atoms with Crippen molar-refractivity contribution >= 4 is 46.0 Å². The Labute approximate surface area is 160 Å². The van der Waals surface area contributed by atoms with E-state index in [1.54, 1.807) is 43.3 Å². The van der Waals surface area contributed by atoms with Crippen molar-refractivity contribution < 1.29 is 19.1 Å². The molecule has 0 aliphatic heterocycles. The van der Waals surface area contributed by atoms with Crippen molar-refractivity contribution in [3.8, 4) is 5.75 Å². The fourth-order valence-corrected chi connectivity index (χ4v) is 3.10. The van der Waals surface area contributed by atoms with Crippen LogP contribution in [0.2, 0.25) is 10.0 Å². The summed E-state index contributed by atoms with van der Waals surface area (Å²) in [5.74, 6) is -0.508. The summed E-state index contributed by atoms with van der Waals surface area (Å²) in [6, 6.07) is 11.8. The van der Waals surface area contributed by atoms with Gasteiger partial charge in [0.1, 0.15) is 5.75 Å². The Kier molecular flexibility index (Phi) is 5.20. The fourth-order valence-electron chi connectivity index (χ4n) is 2.64. The van der Waals surface area contributed by atoms with Crippen molar-refractivity contribution in [2.75, 3.05) is 7.11 Å². The fraction of sp³-hybridized carbons (Fsp3) is 0.158. The predicted octanol–water partition coefficient (Wildman–Crippen LogP) is 4.84. The average molecular weight is 392 g/mol. The van der Waals surface area contributed by atoms with Crippen LogP contribution in [0, 0.1) is 0 Å². The van der Waals surface area contributed by atoms with Gasteiger partial charge in [-0.25, -0.2) is 4.79 Å². The highest BCUT2D eigenvalue weighted by atomic mass is 35.5. The number of benzene rings is 2. The molecule has 0 radical (unpaired) electrons. The first-order valence-electron chi connectivity index (χ1n) is 7.76. The summed E-state index contributed by atoms with van der Waals surface area (Å²) in [5.41, 5.74) is 0.906. The van der Waals surface area contributed by atoms with E-state index in [0.29, 0.717) is 32.3 Å². The number of esters is 1. The van der Waals surface area contributed by atoms with Crippen LogP contribution in [0.5, 0.6) is 5.75 Å². The average Bonchev–Trinajstić information content (AvgIpc) is 3.02. The molecule has 3 aromatic rings. The van der Waals surface area contributed by atoms with E-state index < -0.39 is 12.1 Å². The van der Waals surface area contributed by atoms with E-state index in [-0.39, 0.29) is 5.91 Å². The highest BCUT2D eigenvalue weighted by molar-refractivity contribution is 6.35. The molecule has 26 heavy (non-hydrogen) atoms. The molecule has 0 spiro atoms. The van der Waals surface area contributed by atoms with Crippen LogP contribution < -0.4 is 4.74 Å². The molecule has 0 aliphatic carbocycles. The standard InChI is InChI=1S/C19H15Cl2NO4/c1-11(26-17-8-7-12(20)9-15(17)21)18(23)22-10-14(19(24)25-2)13-5-3-4-6-16(13)22/h3-11H,1-2H3/t11-/m1/s1. The van der Waals surface area contributed by atoms with Crippen LogP contribution in [0.4, 0.5) is 0 Å². The molecule has 0 unspecified atom stereocenters. The number of fused-ring (bicyclic) bond motifs is 1. The van der Waals surface area contributed by atoms with Crippen molar-refractivity contribution in [2.45, 2.75) is 13.0 Å². The molecular weight excluding hydrogens is 377 g/mol. The highest BCUT2D eigenvalue weighted by Crippen LogP contribution is 2.29. The number of methoxy groups -OCH3 is 1. The Hall–Kier alpha value is -2.50. The summed E-state index contributed by atoms with van der Waals surface area (Å²) >= 11 is 12.0. The molecule has 5 nitrogen and oxygen atoms in total. The van der Waals surface area contributed by atoms with Gasteiger partial charge in [0.2, 0.25) is 0 Å². The number of carbonyl (C=O) groups is 2. The van der Waals surface area contributed by atoms with Crippen molar-refractivity contribution in [1.82, 2.24) is 4.57 Å². The minimum atomic E-state index is -0.838. The van der Waals surface area contributed by atoms with Crippen LogP contribution in [0.3, 0.4) is 0 Å². The molecule has 0 saturated carbocycles. The third-order valence-electron chi connectivity index (χ3n) is 3.90. The van der Waals surface area contributed by atoms with E-state index in [9.17, 15) is 9.59 Å². The first-order chi connectivity index (χ1) is 12.4. The first kappa shape index (κ1) is 18.3. The number of hydrogen-bond acceptors (Lipinski definition) is 4. The second kappa shape index (κ2) is 7.40. The van der Waals surface area contributed by atoms with Gasteiger partial charge in [-0.3, -0.25) is 9.36 Å². The van der Waals surface area contributed by atoms with E-state index >= 15 is 0 Å². The largest absolute Gasteiger partial charge is 0.479 e. The number of halogens is 2. The van der Waals surface area contributed by atoms with Crippen LogP contribution in [0.25, 0.3) is 10.9 Å². The Bertz CT molecular complexity index is 996. The van der Waals surface area contributed by atoms with Crippen LogP contribution in [0.15, 0.2) is 48.7 Å². The lowest BCUT2D eigenvalue weighted by atomic mass is 10.2. The Morgan fingerprint density at radius 2 is 1.85 bits per heavy atom. The van der Waals surface area contributed by atoms with E-state index in [1.807, 2.05) is 0 Å². The van der Waals surface area contributed by atoms with Crippen LogP contribution >= 0.6 is 23.2 Å². The van der Waals surface area contributed by atoms with Gasteiger partial charge in [0.15, 0.2) is 6.10 Å². The monoisotopic (exact) mass is 391 g/mol. The molecule has 0 fully saturated rings. The highest BCUT2D eigenvalue weighted by Gasteiger charge is 2.23. The first-order valence-corrected chi connectivity index (χ1v) is 8.52. The van der Waals surface area contributed by atoms with Gasteiger partial charge in [-0.1, -0.05) is 41.4 Å². The van der Waals surface area contributed by atoms with E-state index in [2.05, 4.69) is 0 Å². The minimum Gasteiger partial charge on any atom is -0.479 e. The maximum Gasteiger partial charge on any atom is 0.340 e. The van der Waals surface area contributed by atoms with Crippen molar-refractivity contribution in [3.05, 3.63) is 64.3 Å². The second-order valence-electron chi connectivity index (χ2n) is 5.59. The summed E-state index contributed by atoms with van der Waals surface area (Å²) in [4.78, 5) is 24.9. The Balaban J connectivity index is 1.95. The quantitative estimate of drug-likeness (QED) is 0.596. The number of hydrogen-bond donors (Lipinski definition) is 0. The van der Waals surface area contributed by atoms with E-state index in [4.69, 9.17) is 32.7 Å². The zero-order chi connectivity index (χ0) is 18.8. The van der Waals surface area contributed by atoms with Gasteiger partial charge < -0.3 is 9.47 Å². The summed E-state index contributed by atoms with van der Waals surface area (Å²) in [7, 11) is 1.30. The molecule has 1 heterocycles. The third kappa shape index (κ3) is 3.41. The van der Waals surface area contributed by atoms with Gasteiger partial charge in [0.25, 0.3) is 5.91 Å². The normalized spacial score (nSPS) is 12.0. The predicted molar refractivity (Wildman–Crippen MR) is 100 cm³/mol. The minimum absolute atomic E-state index is 0.310. The third-order valence-corrected chi connectivity index (χ3v) is 4.43. The summed E-state index contributed by atoms with van der Waals surface area (Å²) < 4.78 is 11.9. The number of rotatable bonds is 4. The lowest BCUT2D eigenvalue weighted by Crippen LogP contribution is -2.28.